The molecule has 2 heterocycles. The predicted octanol–water partition coefficient (Wildman–Crippen LogP) is 1.30. The summed E-state index contributed by atoms with van der Waals surface area (Å²) < 4.78 is 26.8. The lowest BCUT2D eigenvalue weighted by molar-refractivity contribution is -0.125. The summed E-state index contributed by atoms with van der Waals surface area (Å²) in [6.45, 7) is 5.83. The summed E-state index contributed by atoms with van der Waals surface area (Å²) >= 11 is 0. The minimum atomic E-state index is -3.43. The number of hydrogen-bond donors (Lipinski definition) is 1. The zero-order valence-electron chi connectivity index (χ0n) is 14.7. The van der Waals surface area contributed by atoms with E-state index in [0.717, 1.165) is 26.1 Å². The van der Waals surface area contributed by atoms with Gasteiger partial charge in [0.05, 0.1) is 10.8 Å². The topological polar surface area (TPSA) is 69.7 Å². The van der Waals surface area contributed by atoms with Gasteiger partial charge in [0.15, 0.2) is 0 Å². The summed E-state index contributed by atoms with van der Waals surface area (Å²) in [6.07, 6.45) is 2.25. The van der Waals surface area contributed by atoms with Crippen molar-refractivity contribution in [1.29, 1.82) is 0 Å². The van der Waals surface area contributed by atoms with Gasteiger partial charge >= 0.3 is 0 Å². The summed E-state index contributed by atoms with van der Waals surface area (Å²) in [5.41, 5.74) is 0. The van der Waals surface area contributed by atoms with Crippen LogP contribution >= 0.6 is 0 Å². The maximum Gasteiger partial charge on any atom is 0.243 e. The molecular formula is C18H27N3O3S. The van der Waals surface area contributed by atoms with Gasteiger partial charge in [0.2, 0.25) is 15.9 Å². The van der Waals surface area contributed by atoms with Crippen molar-refractivity contribution in [3.05, 3.63) is 30.3 Å². The van der Waals surface area contributed by atoms with Gasteiger partial charge in [-0.3, -0.25) is 4.79 Å². The molecule has 2 saturated heterocycles. The van der Waals surface area contributed by atoms with Gasteiger partial charge in [0.1, 0.15) is 0 Å². The molecule has 1 unspecified atom stereocenters. The highest BCUT2D eigenvalue weighted by atomic mass is 32.2. The first-order valence-corrected chi connectivity index (χ1v) is 10.5. The molecule has 0 saturated carbocycles. The number of amides is 1. The number of rotatable bonds is 5. The molecule has 3 rings (SSSR count). The quantitative estimate of drug-likeness (QED) is 0.854. The second kappa shape index (κ2) is 7.85. The first-order chi connectivity index (χ1) is 12.0. The minimum absolute atomic E-state index is 0.0744. The number of hydrogen-bond acceptors (Lipinski definition) is 4. The summed E-state index contributed by atoms with van der Waals surface area (Å²) in [5, 5.41) is 3.13. The molecule has 0 radical (unpaired) electrons. The molecule has 1 N–H and O–H groups in total. The molecule has 0 aliphatic carbocycles. The Morgan fingerprint density at radius 2 is 1.80 bits per heavy atom. The molecular weight excluding hydrogens is 338 g/mol. The molecule has 0 bridgehead atoms. The van der Waals surface area contributed by atoms with Crippen molar-refractivity contribution in [1.82, 2.24) is 14.5 Å². The summed E-state index contributed by atoms with van der Waals surface area (Å²) in [5.74, 6) is 0.200. The van der Waals surface area contributed by atoms with E-state index in [1.165, 1.54) is 4.31 Å². The monoisotopic (exact) mass is 365 g/mol. The van der Waals surface area contributed by atoms with Gasteiger partial charge in [-0.2, -0.15) is 4.31 Å². The Balaban J connectivity index is 1.51. The first kappa shape index (κ1) is 18.4. The highest BCUT2D eigenvalue weighted by molar-refractivity contribution is 7.89. The van der Waals surface area contributed by atoms with Gasteiger partial charge in [-0.05, 0) is 44.5 Å². The van der Waals surface area contributed by atoms with Crippen molar-refractivity contribution in [3.63, 3.8) is 0 Å². The first-order valence-electron chi connectivity index (χ1n) is 9.08. The van der Waals surface area contributed by atoms with E-state index in [-0.39, 0.29) is 17.9 Å². The Bertz CT molecular complexity index is 685. The van der Waals surface area contributed by atoms with E-state index in [9.17, 15) is 13.2 Å². The molecule has 1 aromatic carbocycles. The van der Waals surface area contributed by atoms with Crippen LogP contribution in [0.2, 0.25) is 0 Å². The normalized spacial score (nSPS) is 23.6. The van der Waals surface area contributed by atoms with Gasteiger partial charge in [-0.25, -0.2) is 8.42 Å². The van der Waals surface area contributed by atoms with Gasteiger partial charge in [0.25, 0.3) is 0 Å². The van der Waals surface area contributed by atoms with Crippen LogP contribution in [-0.2, 0) is 14.8 Å². The highest BCUT2D eigenvalue weighted by Gasteiger charge is 2.32. The van der Waals surface area contributed by atoms with Crippen LogP contribution in [-0.4, -0.2) is 62.3 Å². The van der Waals surface area contributed by atoms with Gasteiger partial charge in [0, 0.05) is 25.7 Å². The molecule has 0 spiro atoms. The molecule has 6 nitrogen and oxygen atoms in total. The van der Waals surface area contributed by atoms with Crippen molar-refractivity contribution in [2.45, 2.75) is 37.1 Å². The molecule has 1 amide bonds. The smallest absolute Gasteiger partial charge is 0.243 e. The summed E-state index contributed by atoms with van der Waals surface area (Å²) in [4.78, 5) is 15.0. The van der Waals surface area contributed by atoms with Crippen LogP contribution in [0.5, 0.6) is 0 Å². The Morgan fingerprint density at radius 1 is 1.12 bits per heavy atom. The zero-order chi connectivity index (χ0) is 17.9. The summed E-state index contributed by atoms with van der Waals surface area (Å²) in [6, 6.07) is 8.61. The SMILES string of the molecule is CCN1CCC(C(=O)NC2CCN(S(=O)(=O)c3ccccc3)CC2)C1. The Hall–Kier alpha value is -1.44. The zero-order valence-corrected chi connectivity index (χ0v) is 15.5. The molecule has 138 valence electrons. The van der Waals surface area contributed by atoms with Crippen molar-refractivity contribution >= 4 is 15.9 Å². The second-order valence-electron chi connectivity index (χ2n) is 6.88. The lowest BCUT2D eigenvalue weighted by Crippen LogP contribution is -2.48. The van der Waals surface area contributed by atoms with Crippen LogP contribution in [0.1, 0.15) is 26.2 Å². The van der Waals surface area contributed by atoms with E-state index in [0.29, 0.717) is 30.8 Å². The number of sulfonamides is 1. The number of benzene rings is 1. The highest BCUT2D eigenvalue weighted by Crippen LogP contribution is 2.21. The number of likely N-dealkylation sites (tertiary alicyclic amines) is 1. The van der Waals surface area contributed by atoms with Crippen LogP contribution < -0.4 is 5.32 Å². The summed E-state index contributed by atoms with van der Waals surface area (Å²) in [7, 11) is -3.43. The number of nitrogens with zero attached hydrogens (tertiary/aromatic N) is 2. The van der Waals surface area contributed by atoms with Crippen molar-refractivity contribution in [2.24, 2.45) is 5.92 Å². The Labute approximate surface area is 150 Å². The van der Waals surface area contributed by atoms with Crippen molar-refractivity contribution < 1.29 is 13.2 Å². The minimum Gasteiger partial charge on any atom is -0.353 e. The fourth-order valence-corrected chi connectivity index (χ4v) is 5.13. The lowest BCUT2D eigenvalue weighted by Gasteiger charge is -2.32. The fourth-order valence-electron chi connectivity index (χ4n) is 3.63. The van der Waals surface area contributed by atoms with E-state index in [1.54, 1.807) is 24.3 Å². The molecule has 1 aromatic rings. The maximum atomic E-state index is 12.6. The van der Waals surface area contributed by atoms with Crippen LogP contribution in [0.4, 0.5) is 0 Å². The van der Waals surface area contributed by atoms with Gasteiger partial charge in [-0.15, -0.1) is 0 Å². The molecule has 2 aliphatic rings. The third-order valence-electron chi connectivity index (χ3n) is 5.27. The van der Waals surface area contributed by atoms with Crippen molar-refractivity contribution in [2.75, 3.05) is 32.7 Å². The number of carbonyl (C=O) groups excluding carboxylic acids is 1. The molecule has 7 heteroatoms. The fraction of sp³-hybridized carbons (Fsp3) is 0.611. The molecule has 25 heavy (non-hydrogen) atoms. The Kier molecular flexibility index (Phi) is 5.76. The predicted molar refractivity (Wildman–Crippen MR) is 96.6 cm³/mol. The second-order valence-corrected chi connectivity index (χ2v) is 8.82. The Morgan fingerprint density at radius 3 is 2.40 bits per heavy atom. The number of carbonyl (C=O) groups is 1. The number of nitrogens with one attached hydrogen (secondary N) is 1. The van der Waals surface area contributed by atoms with E-state index in [2.05, 4.69) is 17.1 Å². The van der Waals surface area contributed by atoms with Crippen LogP contribution in [0.3, 0.4) is 0 Å². The van der Waals surface area contributed by atoms with E-state index < -0.39 is 10.0 Å². The maximum absolute atomic E-state index is 12.6. The van der Waals surface area contributed by atoms with Gasteiger partial charge < -0.3 is 10.2 Å². The van der Waals surface area contributed by atoms with E-state index in [4.69, 9.17) is 0 Å². The third kappa shape index (κ3) is 4.22. The van der Waals surface area contributed by atoms with E-state index >= 15 is 0 Å². The molecule has 1 atom stereocenters. The van der Waals surface area contributed by atoms with Gasteiger partial charge in [-0.1, -0.05) is 25.1 Å². The van der Waals surface area contributed by atoms with Crippen LogP contribution in [0.15, 0.2) is 35.2 Å². The van der Waals surface area contributed by atoms with Crippen LogP contribution in [0.25, 0.3) is 0 Å². The molecule has 0 aromatic heterocycles. The largest absolute Gasteiger partial charge is 0.353 e. The van der Waals surface area contributed by atoms with Crippen molar-refractivity contribution in [3.8, 4) is 0 Å². The van der Waals surface area contributed by atoms with Crippen LogP contribution in [0, 0.1) is 5.92 Å². The number of piperidine rings is 1. The standard InChI is InChI=1S/C18H27N3O3S/c1-2-20-11-8-15(14-20)18(22)19-16-9-12-21(13-10-16)25(23,24)17-6-4-3-5-7-17/h3-7,15-16H,2,8-14H2,1H3,(H,19,22). The van der Waals surface area contributed by atoms with E-state index in [1.807, 2.05) is 6.07 Å². The average Bonchev–Trinajstić information content (AvgIpc) is 3.12. The average molecular weight is 365 g/mol. The third-order valence-corrected chi connectivity index (χ3v) is 7.18. The molecule has 2 fully saturated rings. The lowest BCUT2D eigenvalue weighted by atomic mass is 10.0. The molecule has 2 aliphatic heterocycles.